The van der Waals surface area contributed by atoms with E-state index in [0.29, 0.717) is 16.7 Å². The number of fused-ring (bicyclic) bond motifs is 1. The molecule has 0 fully saturated rings. The van der Waals surface area contributed by atoms with Gasteiger partial charge in [-0.25, -0.2) is 9.97 Å². The van der Waals surface area contributed by atoms with E-state index >= 15 is 0 Å². The Kier molecular flexibility index (Phi) is 4.44. The maximum atomic E-state index is 11.1. The second-order valence-corrected chi connectivity index (χ2v) is 6.35. The van der Waals surface area contributed by atoms with Gasteiger partial charge in [0.05, 0.1) is 17.2 Å². The number of nitrogens with one attached hydrogen (secondary N) is 1. The number of carboxylic acids is 1. The molecule has 1 N–H and O–H groups in total. The number of hydrogen-bond acceptors (Lipinski definition) is 5. The van der Waals surface area contributed by atoms with Gasteiger partial charge in [-0.3, -0.25) is 0 Å². The number of hydrogen-bond donors (Lipinski definition) is 1. The predicted molar refractivity (Wildman–Crippen MR) is 104 cm³/mol. The molecule has 5 nitrogen and oxygen atoms in total. The first-order valence-corrected chi connectivity index (χ1v) is 8.59. The van der Waals surface area contributed by atoms with E-state index in [4.69, 9.17) is 11.6 Å². The number of carbonyl (C=O) groups excluding carboxylic acids is 1. The molecule has 0 atom stereocenters. The van der Waals surface area contributed by atoms with E-state index < -0.39 is 5.97 Å². The van der Waals surface area contributed by atoms with Gasteiger partial charge < -0.3 is 15.2 Å². The maximum absolute atomic E-state index is 11.1. The Morgan fingerprint density at radius 2 is 1.74 bits per heavy atom. The van der Waals surface area contributed by atoms with Crippen LogP contribution in [-0.4, -0.2) is 15.9 Å². The lowest BCUT2D eigenvalue weighted by Gasteiger charge is -2.12. The van der Waals surface area contributed by atoms with E-state index in [9.17, 15) is 9.90 Å². The lowest BCUT2D eigenvalue weighted by molar-refractivity contribution is -0.255. The third-order valence-corrected chi connectivity index (χ3v) is 4.29. The summed E-state index contributed by atoms with van der Waals surface area (Å²) in [4.78, 5) is 20.2. The lowest BCUT2D eigenvalue weighted by atomic mass is 10.1. The average Bonchev–Trinajstić information content (AvgIpc) is 2.68. The number of aromatic nitrogens is 2. The Morgan fingerprint density at radius 1 is 0.926 bits per heavy atom. The van der Waals surface area contributed by atoms with Gasteiger partial charge in [0.2, 0.25) is 5.95 Å². The molecule has 132 valence electrons. The van der Waals surface area contributed by atoms with Crippen molar-refractivity contribution in [3.05, 3.63) is 83.4 Å². The first-order valence-electron chi connectivity index (χ1n) is 8.21. The topological polar surface area (TPSA) is 77.9 Å². The number of benzene rings is 3. The van der Waals surface area contributed by atoms with Gasteiger partial charge in [-0.15, -0.1) is 0 Å². The highest BCUT2D eigenvalue weighted by atomic mass is 35.5. The zero-order valence-corrected chi connectivity index (χ0v) is 14.8. The van der Waals surface area contributed by atoms with Crippen LogP contribution in [0.5, 0.6) is 0 Å². The largest absolute Gasteiger partial charge is 0.545 e. The third-order valence-electron chi connectivity index (χ3n) is 4.06. The molecular weight excluding hydrogens is 362 g/mol. The van der Waals surface area contributed by atoms with Crippen molar-refractivity contribution in [1.29, 1.82) is 0 Å². The van der Waals surface area contributed by atoms with Crippen LogP contribution in [-0.2, 0) is 0 Å². The molecule has 0 saturated carbocycles. The van der Waals surface area contributed by atoms with Crippen LogP contribution in [0.4, 0.5) is 11.6 Å². The molecular formula is C21H13ClN3O2-. The highest BCUT2D eigenvalue weighted by Crippen LogP contribution is 2.30. The van der Waals surface area contributed by atoms with Crippen molar-refractivity contribution in [3.63, 3.8) is 0 Å². The van der Waals surface area contributed by atoms with E-state index in [2.05, 4.69) is 15.3 Å². The zero-order valence-electron chi connectivity index (χ0n) is 14.0. The van der Waals surface area contributed by atoms with E-state index in [1.165, 1.54) is 12.1 Å². The molecule has 0 aliphatic heterocycles. The van der Waals surface area contributed by atoms with Crippen LogP contribution in [0, 0.1) is 0 Å². The number of nitrogens with zero attached hydrogens (tertiary/aromatic N) is 2. The molecule has 4 aromatic rings. The summed E-state index contributed by atoms with van der Waals surface area (Å²) in [5, 5.41) is 15.6. The molecule has 0 aliphatic rings. The van der Waals surface area contributed by atoms with Gasteiger partial charge in [-0.1, -0.05) is 54.1 Å². The minimum Gasteiger partial charge on any atom is -0.545 e. The third kappa shape index (κ3) is 3.59. The quantitative estimate of drug-likeness (QED) is 0.583. The summed E-state index contributed by atoms with van der Waals surface area (Å²) < 4.78 is 0. The van der Waals surface area contributed by atoms with Gasteiger partial charge in [0.1, 0.15) is 0 Å². The fourth-order valence-electron chi connectivity index (χ4n) is 2.83. The van der Waals surface area contributed by atoms with E-state index in [0.717, 1.165) is 22.2 Å². The van der Waals surface area contributed by atoms with Crippen LogP contribution in [0.3, 0.4) is 0 Å². The Balaban J connectivity index is 1.84. The van der Waals surface area contributed by atoms with Crippen LogP contribution in [0.1, 0.15) is 10.4 Å². The van der Waals surface area contributed by atoms with E-state index in [1.807, 2.05) is 42.5 Å². The molecule has 0 bridgehead atoms. The predicted octanol–water partition coefficient (Wildman–Crippen LogP) is 4.06. The van der Waals surface area contributed by atoms with Gasteiger partial charge >= 0.3 is 0 Å². The van der Waals surface area contributed by atoms with Crippen molar-refractivity contribution in [1.82, 2.24) is 9.97 Å². The highest BCUT2D eigenvalue weighted by Gasteiger charge is 2.11. The highest BCUT2D eigenvalue weighted by molar-refractivity contribution is 6.31. The average molecular weight is 375 g/mol. The molecule has 0 radical (unpaired) electrons. The van der Waals surface area contributed by atoms with Crippen LogP contribution in [0.25, 0.3) is 22.2 Å². The molecule has 0 aliphatic carbocycles. The van der Waals surface area contributed by atoms with Crippen LogP contribution < -0.4 is 10.4 Å². The van der Waals surface area contributed by atoms with Gasteiger partial charge in [-0.05, 0) is 35.9 Å². The molecule has 6 heteroatoms. The summed E-state index contributed by atoms with van der Waals surface area (Å²) in [5.74, 6) is -0.878. The van der Waals surface area contributed by atoms with Crippen molar-refractivity contribution in [3.8, 4) is 11.3 Å². The summed E-state index contributed by atoms with van der Waals surface area (Å²) in [6.45, 7) is 0. The lowest BCUT2D eigenvalue weighted by Crippen LogP contribution is -2.22. The zero-order chi connectivity index (χ0) is 18.8. The summed E-state index contributed by atoms with van der Waals surface area (Å²) in [5.41, 5.74) is 3.03. The van der Waals surface area contributed by atoms with Gasteiger partial charge in [0.15, 0.2) is 0 Å². The summed E-state index contributed by atoms with van der Waals surface area (Å²) >= 11 is 6.16. The van der Waals surface area contributed by atoms with Crippen molar-refractivity contribution in [2.24, 2.45) is 0 Å². The molecule has 1 heterocycles. The van der Waals surface area contributed by atoms with Crippen molar-refractivity contribution in [2.75, 3.05) is 5.32 Å². The first kappa shape index (κ1) is 17.0. The molecule has 0 spiro atoms. The van der Waals surface area contributed by atoms with E-state index in [-0.39, 0.29) is 5.56 Å². The van der Waals surface area contributed by atoms with Crippen LogP contribution in [0.15, 0.2) is 72.8 Å². The Morgan fingerprint density at radius 3 is 2.52 bits per heavy atom. The molecule has 4 rings (SSSR count). The first-order chi connectivity index (χ1) is 13.1. The van der Waals surface area contributed by atoms with Crippen LogP contribution in [0.2, 0.25) is 5.02 Å². The normalized spacial score (nSPS) is 10.7. The second-order valence-electron chi connectivity index (χ2n) is 5.92. The van der Waals surface area contributed by atoms with Crippen molar-refractivity contribution in [2.45, 2.75) is 0 Å². The Labute approximate surface area is 160 Å². The monoisotopic (exact) mass is 374 g/mol. The van der Waals surface area contributed by atoms with Gasteiger partial charge in [-0.2, -0.15) is 0 Å². The van der Waals surface area contributed by atoms with Gasteiger partial charge in [0, 0.05) is 21.7 Å². The Hall–Kier alpha value is -3.44. The number of halogens is 1. The molecule has 3 aromatic carbocycles. The second kappa shape index (κ2) is 7.05. The molecule has 0 saturated heterocycles. The Bertz CT molecular complexity index is 1150. The molecule has 0 amide bonds. The smallest absolute Gasteiger partial charge is 0.228 e. The summed E-state index contributed by atoms with van der Waals surface area (Å²) in [6.07, 6.45) is 0. The number of anilines is 2. The minimum absolute atomic E-state index is 0.0795. The number of rotatable bonds is 4. The summed E-state index contributed by atoms with van der Waals surface area (Å²) in [6, 6.07) is 21.5. The van der Waals surface area contributed by atoms with Gasteiger partial charge in [0.25, 0.3) is 0 Å². The number of carbonyl (C=O) groups is 1. The fraction of sp³-hybridized carbons (Fsp3) is 0. The molecule has 27 heavy (non-hydrogen) atoms. The van der Waals surface area contributed by atoms with Crippen LogP contribution >= 0.6 is 11.6 Å². The number of carboxylic acid groups (broad SMARTS) is 1. The minimum atomic E-state index is -1.24. The summed E-state index contributed by atoms with van der Waals surface area (Å²) in [7, 11) is 0. The molecule has 0 unspecified atom stereocenters. The standard InChI is InChI=1S/C21H14ClN3O2/c22-15-9-10-18-17(12-15)19(13-5-2-1-3-6-13)25-21(24-18)23-16-8-4-7-14(11-16)20(26)27/h1-12H,(H,26,27)(H,23,24,25)/p-1. The number of aromatic carboxylic acids is 1. The SMILES string of the molecule is O=C([O-])c1cccc(Nc2nc(-c3ccccc3)c3cc(Cl)ccc3n2)c1. The van der Waals surface area contributed by atoms with Crippen molar-refractivity contribution >= 4 is 40.1 Å². The fourth-order valence-corrected chi connectivity index (χ4v) is 3.00. The van der Waals surface area contributed by atoms with E-state index in [1.54, 1.807) is 18.2 Å². The molecule has 1 aromatic heterocycles. The maximum Gasteiger partial charge on any atom is 0.228 e. The van der Waals surface area contributed by atoms with Crippen molar-refractivity contribution < 1.29 is 9.90 Å².